The minimum Gasteiger partial charge on any atom is -0.331 e. The van der Waals surface area contributed by atoms with E-state index >= 15 is 0 Å². The van der Waals surface area contributed by atoms with Gasteiger partial charge >= 0.3 is 0 Å². The van der Waals surface area contributed by atoms with Gasteiger partial charge in [0.2, 0.25) is 0 Å². The van der Waals surface area contributed by atoms with Crippen LogP contribution in [0.4, 0.5) is 0 Å². The molecule has 0 fully saturated rings. The van der Waals surface area contributed by atoms with Gasteiger partial charge in [0.05, 0.1) is 11.0 Å². The van der Waals surface area contributed by atoms with Gasteiger partial charge in [-0.3, -0.25) is 4.79 Å². The molecule has 0 bridgehead atoms. The van der Waals surface area contributed by atoms with Crippen LogP contribution in [0.2, 0.25) is 0 Å². The fourth-order valence-corrected chi connectivity index (χ4v) is 3.09. The second-order valence-electron chi connectivity index (χ2n) is 6.17. The number of carbonyl (C=O) groups excluding carboxylic acids is 1. The van der Waals surface area contributed by atoms with Gasteiger partial charge in [0.1, 0.15) is 5.82 Å². The zero-order valence-electron chi connectivity index (χ0n) is 14.1. The maximum Gasteiger partial charge on any atom is 0.258 e. The van der Waals surface area contributed by atoms with Gasteiger partial charge in [-0.25, -0.2) is 4.98 Å². The summed E-state index contributed by atoms with van der Waals surface area (Å²) in [5, 5.41) is 0. The molecule has 2 aromatic carbocycles. The van der Waals surface area contributed by atoms with E-state index in [-0.39, 0.29) is 5.91 Å². The molecule has 4 heteroatoms. The average Bonchev–Trinajstić information content (AvgIpc) is 2.98. The first-order valence-corrected chi connectivity index (χ1v) is 8.36. The third-order valence-electron chi connectivity index (χ3n) is 4.54. The van der Waals surface area contributed by atoms with Gasteiger partial charge in [0, 0.05) is 31.8 Å². The van der Waals surface area contributed by atoms with Crippen molar-refractivity contribution in [2.24, 2.45) is 7.05 Å². The van der Waals surface area contributed by atoms with Crippen molar-refractivity contribution in [1.82, 2.24) is 14.5 Å². The Kier molecular flexibility index (Phi) is 3.94. The molecule has 1 aliphatic heterocycles. The van der Waals surface area contributed by atoms with Crippen molar-refractivity contribution < 1.29 is 4.79 Å². The molecule has 3 aromatic rings. The summed E-state index contributed by atoms with van der Waals surface area (Å²) in [7, 11) is 2.04. The van der Waals surface area contributed by atoms with Gasteiger partial charge in [0.15, 0.2) is 0 Å². The van der Waals surface area contributed by atoms with E-state index in [1.807, 2.05) is 67.9 Å². The molecular weight excluding hydrogens is 310 g/mol. The molecule has 0 spiro atoms. The van der Waals surface area contributed by atoms with Crippen LogP contribution in [0.3, 0.4) is 0 Å². The Morgan fingerprint density at radius 1 is 1.08 bits per heavy atom. The van der Waals surface area contributed by atoms with Crippen LogP contribution in [0.15, 0.2) is 78.5 Å². The minimum atomic E-state index is 0.0230. The van der Waals surface area contributed by atoms with Crippen molar-refractivity contribution in [3.8, 4) is 0 Å². The zero-order valence-corrected chi connectivity index (χ0v) is 14.1. The van der Waals surface area contributed by atoms with Crippen LogP contribution in [0.25, 0.3) is 11.0 Å². The van der Waals surface area contributed by atoms with Crippen molar-refractivity contribution in [2.75, 3.05) is 6.54 Å². The van der Waals surface area contributed by atoms with Crippen molar-refractivity contribution in [1.29, 1.82) is 0 Å². The molecule has 1 aliphatic rings. The lowest BCUT2D eigenvalue weighted by Gasteiger charge is -2.21. The molecule has 25 heavy (non-hydrogen) atoms. The quantitative estimate of drug-likeness (QED) is 0.735. The lowest BCUT2D eigenvalue weighted by molar-refractivity contribution is 0.0833. The molecule has 1 aromatic heterocycles. The Morgan fingerprint density at radius 3 is 2.56 bits per heavy atom. The highest BCUT2D eigenvalue weighted by molar-refractivity contribution is 5.95. The number of fused-ring (bicyclic) bond motifs is 1. The lowest BCUT2D eigenvalue weighted by atomic mass is 10.1. The predicted octanol–water partition coefficient (Wildman–Crippen LogP) is 3.71. The number of amides is 1. The number of carbonyl (C=O) groups is 1. The first-order valence-electron chi connectivity index (χ1n) is 8.36. The number of imidazole rings is 1. The van der Waals surface area contributed by atoms with Crippen LogP contribution in [0.1, 0.15) is 16.2 Å². The zero-order chi connectivity index (χ0) is 17.2. The van der Waals surface area contributed by atoms with Gasteiger partial charge in [0.25, 0.3) is 5.91 Å². The largest absolute Gasteiger partial charge is 0.331 e. The topological polar surface area (TPSA) is 38.1 Å². The van der Waals surface area contributed by atoms with Crippen molar-refractivity contribution in [2.45, 2.75) is 6.42 Å². The Labute approximate surface area is 146 Å². The van der Waals surface area contributed by atoms with Gasteiger partial charge in [-0.05, 0) is 35.9 Å². The summed E-state index contributed by atoms with van der Waals surface area (Å²) in [6.45, 7) is 0.587. The highest BCUT2D eigenvalue weighted by Crippen LogP contribution is 2.19. The molecule has 0 saturated heterocycles. The van der Waals surface area contributed by atoms with Gasteiger partial charge in [-0.1, -0.05) is 36.4 Å². The normalized spacial score (nSPS) is 14.0. The average molecular weight is 329 g/mol. The highest BCUT2D eigenvalue weighted by Gasteiger charge is 2.16. The summed E-state index contributed by atoms with van der Waals surface area (Å²) in [4.78, 5) is 18.9. The molecule has 4 rings (SSSR count). The molecule has 0 radical (unpaired) electrons. The summed E-state index contributed by atoms with van der Waals surface area (Å²) in [6.07, 6.45) is 6.73. The first-order chi connectivity index (χ1) is 12.2. The second-order valence-corrected chi connectivity index (χ2v) is 6.17. The van der Waals surface area contributed by atoms with Gasteiger partial charge < -0.3 is 9.47 Å². The number of aromatic nitrogens is 2. The summed E-state index contributed by atoms with van der Waals surface area (Å²) >= 11 is 0. The van der Waals surface area contributed by atoms with E-state index in [9.17, 15) is 4.79 Å². The van der Waals surface area contributed by atoms with E-state index in [0.29, 0.717) is 12.1 Å². The third kappa shape index (κ3) is 2.98. The van der Waals surface area contributed by atoms with Crippen LogP contribution in [0.5, 0.6) is 0 Å². The molecule has 0 unspecified atom stereocenters. The fraction of sp³-hybridized carbons (Fsp3) is 0.143. The maximum absolute atomic E-state index is 12.5. The van der Waals surface area contributed by atoms with Crippen molar-refractivity contribution >= 4 is 16.9 Å². The Hall–Kier alpha value is -3.14. The summed E-state index contributed by atoms with van der Waals surface area (Å²) < 4.78 is 2.13. The molecule has 0 saturated carbocycles. The molecule has 4 nitrogen and oxygen atoms in total. The first kappa shape index (κ1) is 15.4. The molecule has 0 aliphatic carbocycles. The van der Waals surface area contributed by atoms with Crippen LogP contribution >= 0.6 is 0 Å². The standard InChI is InChI=1S/C21H19N3O/c1-23-19-10-6-5-9-18(19)22-20(23)15-16-11-13-24(14-12-16)21(25)17-7-3-2-4-8-17/h2-13H,14-15H2,1H3. The summed E-state index contributed by atoms with van der Waals surface area (Å²) in [6, 6.07) is 17.5. The van der Waals surface area contributed by atoms with Gasteiger partial charge in [-0.15, -0.1) is 0 Å². The summed E-state index contributed by atoms with van der Waals surface area (Å²) in [5.41, 5.74) is 4.04. The number of aryl methyl sites for hydroxylation is 1. The highest BCUT2D eigenvalue weighted by atomic mass is 16.2. The van der Waals surface area contributed by atoms with E-state index in [1.165, 1.54) is 5.57 Å². The number of hydrogen-bond donors (Lipinski definition) is 0. The number of rotatable bonds is 3. The van der Waals surface area contributed by atoms with E-state index in [0.717, 1.165) is 23.3 Å². The molecule has 0 N–H and O–H groups in total. The van der Waals surface area contributed by atoms with E-state index in [4.69, 9.17) is 4.98 Å². The Balaban J connectivity index is 1.49. The van der Waals surface area contributed by atoms with Crippen LogP contribution < -0.4 is 0 Å². The number of hydrogen-bond acceptors (Lipinski definition) is 2. The molecule has 2 heterocycles. The Morgan fingerprint density at radius 2 is 1.84 bits per heavy atom. The number of nitrogens with zero attached hydrogens (tertiary/aromatic N) is 3. The fourth-order valence-electron chi connectivity index (χ4n) is 3.09. The lowest BCUT2D eigenvalue weighted by Crippen LogP contribution is -2.27. The third-order valence-corrected chi connectivity index (χ3v) is 4.54. The van der Waals surface area contributed by atoms with Gasteiger partial charge in [-0.2, -0.15) is 0 Å². The van der Waals surface area contributed by atoms with Crippen LogP contribution in [-0.2, 0) is 13.5 Å². The second kappa shape index (κ2) is 6.40. The van der Waals surface area contributed by atoms with E-state index in [1.54, 1.807) is 4.90 Å². The molecule has 1 amide bonds. The number of allylic oxidation sites excluding steroid dienone is 2. The van der Waals surface area contributed by atoms with E-state index in [2.05, 4.69) is 16.7 Å². The maximum atomic E-state index is 12.5. The number of benzene rings is 2. The van der Waals surface area contributed by atoms with Crippen molar-refractivity contribution in [3.63, 3.8) is 0 Å². The Bertz CT molecular complexity index is 983. The molecular formula is C21H19N3O. The molecule has 0 atom stereocenters. The van der Waals surface area contributed by atoms with Crippen molar-refractivity contribution in [3.05, 3.63) is 89.9 Å². The smallest absolute Gasteiger partial charge is 0.258 e. The minimum absolute atomic E-state index is 0.0230. The number of para-hydroxylation sites is 2. The van der Waals surface area contributed by atoms with Crippen LogP contribution in [0, 0.1) is 0 Å². The van der Waals surface area contributed by atoms with Crippen LogP contribution in [-0.4, -0.2) is 26.9 Å². The monoisotopic (exact) mass is 329 g/mol. The predicted molar refractivity (Wildman–Crippen MR) is 99.1 cm³/mol. The SMILES string of the molecule is Cn1c(CC2=CCN(C(=O)c3ccccc3)C=C2)nc2ccccc21. The summed E-state index contributed by atoms with van der Waals surface area (Å²) in [5.74, 6) is 1.05. The molecule has 124 valence electrons. The van der Waals surface area contributed by atoms with E-state index < -0.39 is 0 Å².